The van der Waals surface area contributed by atoms with Crippen molar-refractivity contribution in [2.45, 2.75) is 72.1 Å². The molecular formula is C44H42O6S2. The van der Waals surface area contributed by atoms with Gasteiger partial charge in [-0.3, -0.25) is 0 Å². The van der Waals surface area contributed by atoms with Crippen molar-refractivity contribution < 1.29 is 26.3 Å². The number of aryl methyl sites for hydroxylation is 1. The first-order chi connectivity index (χ1) is 24.5. The lowest BCUT2D eigenvalue weighted by Gasteiger charge is -2.27. The molecule has 0 heterocycles. The lowest BCUT2D eigenvalue weighted by atomic mass is 9.87. The van der Waals surface area contributed by atoms with Crippen molar-refractivity contribution in [2.75, 3.05) is 0 Å². The molecule has 0 saturated carbocycles. The average Bonchev–Trinajstić information content (AvgIpc) is 3.12. The molecule has 6 aromatic carbocycles. The molecule has 0 atom stereocenters. The molecule has 0 aromatic heterocycles. The topological polar surface area (TPSA) is 86.7 Å². The summed E-state index contributed by atoms with van der Waals surface area (Å²) in [5.41, 5.74) is 4.12. The Hall–Kier alpha value is -5.18. The number of benzene rings is 6. The van der Waals surface area contributed by atoms with Gasteiger partial charge in [-0.1, -0.05) is 87.0 Å². The zero-order chi connectivity index (χ0) is 37.3. The van der Waals surface area contributed by atoms with Gasteiger partial charge in [-0.05, 0) is 133 Å². The Morgan fingerprint density at radius 2 is 0.731 bits per heavy atom. The Labute approximate surface area is 307 Å². The summed E-state index contributed by atoms with van der Waals surface area (Å²) in [6.07, 6.45) is 0. The van der Waals surface area contributed by atoms with E-state index in [1.54, 1.807) is 84.9 Å². The van der Waals surface area contributed by atoms with Crippen LogP contribution in [-0.2, 0) is 30.7 Å². The van der Waals surface area contributed by atoms with Crippen molar-refractivity contribution in [3.05, 3.63) is 162 Å². The molecule has 0 bridgehead atoms. The molecule has 0 fully saturated rings. The summed E-state index contributed by atoms with van der Waals surface area (Å²) in [5, 5.41) is 0. The highest BCUT2D eigenvalue weighted by molar-refractivity contribution is 7.91. The maximum Gasteiger partial charge on any atom is 0.206 e. The summed E-state index contributed by atoms with van der Waals surface area (Å²) >= 11 is 0. The standard InChI is InChI=1S/C44H42O6S2/c1-31-7-23-39(24-8-31)51(45,46)41-27-15-35(16-28-41)44(5,6)50-38-19-11-33(12-20-38)32-9-17-36(18-10-32)49-37-21-29-42(30-22-37)52(47,48)40-25-13-34(14-26-40)43(2,3)4/h7-30H,1-6H3. The van der Waals surface area contributed by atoms with Gasteiger partial charge < -0.3 is 9.47 Å². The molecule has 8 heteroatoms. The molecule has 266 valence electrons. The highest BCUT2D eigenvalue weighted by Crippen LogP contribution is 2.33. The number of hydrogen-bond acceptors (Lipinski definition) is 6. The minimum Gasteiger partial charge on any atom is -0.483 e. The Morgan fingerprint density at radius 1 is 0.404 bits per heavy atom. The zero-order valence-corrected chi connectivity index (χ0v) is 31.8. The van der Waals surface area contributed by atoms with Crippen LogP contribution in [0.25, 0.3) is 11.1 Å². The first-order valence-corrected chi connectivity index (χ1v) is 19.9. The Morgan fingerprint density at radius 3 is 1.13 bits per heavy atom. The summed E-state index contributed by atoms with van der Waals surface area (Å²) in [6, 6.07) is 42.6. The monoisotopic (exact) mass is 730 g/mol. The molecule has 6 aromatic rings. The molecule has 6 rings (SSSR count). The Balaban J connectivity index is 1.07. The highest BCUT2D eigenvalue weighted by atomic mass is 32.2. The summed E-state index contributed by atoms with van der Waals surface area (Å²) < 4.78 is 65.0. The second-order valence-corrected chi connectivity index (χ2v) is 18.3. The maximum absolute atomic E-state index is 13.2. The molecule has 0 amide bonds. The van der Waals surface area contributed by atoms with Crippen molar-refractivity contribution in [2.24, 2.45) is 0 Å². The third-order valence-corrected chi connectivity index (χ3v) is 12.6. The minimum atomic E-state index is -3.66. The largest absolute Gasteiger partial charge is 0.483 e. The molecule has 0 N–H and O–H groups in total. The van der Waals surface area contributed by atoms with Crippen LogP contribution in [0.15, 0.2) is 165 Å². The maximum atomic E-state index is 13.2. The van der Waals surface area contributed by atoms with E-state index in [0.717, 1.165) is 27.8 Å². The first-order valence-electron chi connectivity index (χ1n) is 17.0. The lowest BCUT2D eigenvalue weighted by molar-refractivity contribution is 0.109. The number of hydrogen-bond donors (Lipinski definition) is 0. The number of rotatable bonds is 10. The quantitative estimate of drug-likeness (QED) is 0.139. The van der Waals surface area contributed by atoms with Crippen LogP contribution < -0.4 is 9.47 Å². The molecule has 0 saturated heterocycles. The third-order valence-electron chi connectivity index (χ3n) is 9.01. The summed E-state index contributed by atoms with van der Waals surface area (Å²) in [4.78, 5) is 0.963. The molecule has 0 spiro atoms. The minimum absolute atomic E-state index is 0.0628. The summed E-state index contributed by atoms with van der Waals surface area (Å²) in [5.74, 6) is 1.83. The van der Waals surface area contributed by atoms with E-state index in [1.165, 1.54) is 0 Å². The van der Waals surface area contributed by atoms with Crippen LogP contribution in [0.1, 0.15) is 51.3 Å². The van der Waals surface area contributed by atoms with Gasteiger partial charge in [0.1, 0.15) is 22.8 Å². The molecule has 52 heavy (non-hydrogen) atoms. The van der Waals surface area contributed by atoms with Crippen molar-refractivity contribution in [3.63, 3.8) is 0 Å². The van der Waals surface area contributed by atoms with Gasteiger partial charge in [0, 0.05) is 0 Å². The van der Waals surface area contributed by atoms with Crippen molar-refractivity contribution >= 4 is 19.7 Å². The van der Waals surface area contributed by atoms with Gasteiger partial charge >= 0.3 is 0 Å². The van der Waals surface area contributed by atoms with Crippen LogP contribution in [-0.4, -0.2) is 16.8 Å². The van der Waals surface area contributed by atoms with E-state index >= 15 is 0 Å². The van der Waals surface area contributed by atoms with Gasteiger partial charge in [-0.25, -0.2) is 16.8 Å². The fourth-order valence-corrected chi connectivity index (χ4v) is 8.29. The van der Waals surface area contributed by atoms with E-state index in [0.29, 0.717) is 17.2 Å². The molecule has 0 aliphatic rings. The third kappa shape index (κ3) is 7.98. The summed E-state index contributed by atoms with van der Waals surface area (Å²) in [7, 11) is -7.27. The van der Waals surface area contributed by atoms with Crippen LogP contribution in [0.3, 0.4) is 0 Å². The molecule has 6 nitrogen and oxygen atoms in total. The van der Waals surface area contributed by atoms with E-state index in [-0.39, 0.29) is 25.0 Å². The van der Waals surface area contributed by atoms with Crippen LogP contribution in [0.2, 0.25) is 0 Å². The summed E-state index contributed by atoms with van der Waals surface area (Å²) in [6.45, 7) is 12.1. The van der Waals surface area contributed by atoms with Gasteiger partial charge in [-0.2, -0.15) is 0 Å². The van der Waals surface area contributed by atoms with Gasteiger partial charge in [0.15, 0.2) is 0 Å². The van der Waals surface area contributed by atoms with Crippen molar-refractivity contribution in [1.29, 1.82) is 0 Å². The van der Waals surface area contributed by atoms with E-state index in [9.17, 15) is 16.8 Å². The fourth-order valence-electron chi connectivity index (χ4n) is 5.77. The van der Waals surface area contributed by atoms with Crippen molar-refractivity contribution in [1.82, 2.24) is 0 Å². The van der Waals surface area contributed by atoms with E-state index in [1.807, 2.05) is 81.4 Å². The fraction of sp³-hybridized carbons (Fsp3) is 0.182. The van der Waals surface area contributed by atoms with Crippen LogP contribution in [0.5, 0.6) is 17.2 Å². The molecule has 0 aliphatic heterocycles. The molecule has 0 radical (unpaired) electrons. The molecule has 0 unspecified atom stereocenters. The van der Waals surface area contributed by atoms with Crippen molar-refractivity contribution in [3.8, 4) is 28.4 Å². The first kappa shape index (κ1) is 36.6. The second kappa shape index (κ2) is 14.1. The smallest absolute Gasteiger partial charge is 0.206 e. The van der Waals surface area contributed by atoms with E-state index in [2.05, 4.69) is 20.8 Å². The second-order valence-electron chi connectivity index (χ2n) is 14.4. The van der Waals surface area contributed by atoms with Gasteiger partial charge in [-0.15, -0.1) is 0 Å². The predicted octanol–water partition coefficient (Wildman–Crippen LogP) is 10.7. The normalized spacial score (nSPS) is 12.3. The van der Waals surface area contributed by atoms with Gasteiger partial charge in [0.2, 0.25) is 19.7 Å². The highest BCUT2D eigenvalue weighted by Gasteiger charge is 2.25. The van der Waals surface area contributed by atoms with Gasteiger partial charge in [0.25, 0.3) is 0 Å². The van der Waals surface area contributed by atoms with Crippen LogP contribution >= 0.6 is 0 Å². The van der Waals surface area contributed by atoms with Crippen LogP contribution in [0, 0.1) is 6.92 Å². The SMILES string of the molecule is Cc1ccc(S(=O)(=O)c2ccc(C(C)(C)Oc3ccc(-c4ccc(Oc5ccc(S(=O)(=O)c6ccc(C(C)(C)C)cc6)cc5)cc4)cc3)cc2)cc1. The van der Waals surface area contributed by atoms with E-state index < -0.39 is 25.3 Å². The molecule has 0 aliphatic carbocycles. The zero-order valence-electron chi connectivity index (χ0n) is 30.1. The predicted molar refractivity (Wildman–Crippen MR) is 206 cm³/mol. The lowest BCUT2D eigenvalue weighted by Crippen LogP contribution is -2.25. The molecular weight excluding hydrogens is 689 g/mol. The Bertz CT molecular complexity index is 2370. The van der Waals surface area contributed by atoms with E-state index in [4.69, 9.17) is 9.47 Å². The average molecular weight is 731 g/mol. The van der Waals surface area contributed by atoms with Gasteiger partial charge in [0.05, 0.1) is 19.6 Å². The Kier molecular flexibility index (Phi) is 9.92. The number of sulfone groups is 2. The number of ether oxygens (including phenoxy) is 2. The van der Waals surface area contributed by atoms with Crippen LogP contribution in [0.4, 0.5) is 0 Å².